The van der Waals surface area contributed by atoms with Crippen molar-refractivity contribution in [2.24, 2.45) is 0 Å². The van der Waals surface area contributed by atoms with Gasteiger partial charge in [0, 0.05) is 17.0 Å². The van der Waals surface area contributed by atoms with Gasteiger partial charge in [0.15, 0.2) is 0 Å². The van der Waals surface area contributed by atoms with Crippen LogP contribution in [-0.2, 0) is 17.9 Å². The first-order valence-electron chi connectivity index (χ1n) is 7.07. The summed E-state index contributed by atoms with van der Waals surface area (Å²) in [6.45, 7) is 0.978. The van der Waals surface area contributed by atoms with E-state index in [0.29, 0.717) is 19.0 Å². The van der Waals surface area contributed by atoms with Crippen molar-refractivity contribution in [1.82, 2.24) is 9.88 Å². The average molecular weight is 325 g/mol. The molecule has 112 valence electrons. The predicted molar refractivity (Wildman–Crippen MR) is 82.4 cm³/mol. The Kier molecular flexibility index (Phi) is 4.60. The number of alkyl halides is 1. The Bertz CT molecular complexity index is 593. The summed E-state index contributed by atoms with van der Waals surface area (Å²) in [5.74, 6) is 1.28. The molecule has 2 heterocycles. The Morgan fingerprint density at radius 1 is 1.48 bits per heavy atom. The second kappa shape index (κ2) is 6.62. The van der Waals surface area contributed by atoms with E-state index in [0.717, 1.165) is 10.6 Å². The van der Waals surface area contributed by atoms with E-state index in [1.807, 2.05) is 18.3 Å². The van der Waals surface area contributed by atoms with Gasteiger partial charge >= 0.3 is 0 Å². The molecule has 0 atom stereocenters. The Morgan fingerprint density at radius 2 is 2.33 bits per heavy atom. The van der Waals surface area contributed by atoms with Crippen LogP contribution < -0.4 is 0 Å². The van der Waals surface area contributed by atoms with Gasteiger partial charge in [-0.05, 0) is 25.0 Å². The van der Waals surface area contributed by atoms with E-state index in [2.05, 4.69) is 4.98 Å². The number of nitrogens with zero attached hydrogens (tertiary/aromatic N) is 2. The molecule has 3 rings (SSSR count). The zero-order valence-electron chi connectivity index (χ0n) is 11.6. The summed E-state index contributed by atoms with van der Waals surface area (Å²) in [5, 5.41) is 1.20. The molecule has 4 nitrogen and oxygen atoms in total. The third kappa shape index (κ3) is 3.47. The minimum absolute atomic E-state index is 0.0189. The first kappa shape index (κ1) is 14.6. The van der Waals surface area contributed by atoms with Gasteiger partial charge in [-0.2, -0.15) is 0 Å². The van der Waals surface area contributed by atoms with Crippen LogP contribution in [0.1, 0.15) is 40.8 Å². The van der Waals surface area contributed by atoms with Crippen molar-refractivity contribution in [3.8, 4) is 0 Å². The van der Waals surface area contributed by atoms with Crippen LogP contribution in [0.3, 0.4) is 0 Å². The fraction of sp³-hybridized carbons (Fsp3) is 0.467. The molecule has 21 heavy (non-hydrogen) atoms. The molecule has 6 heteroatoms. The summed E-state index contributed by atoms with van der Waals surface area (Å²) in [7, 11) is 0. The molecule has 0 unspecified atom stereocenters. The molecule has 1 saturated carbocycles. The van der Waals surface area contributed by atoms with Crippen molar-refractivity contribution in [2.75, 3.05) is 5.88 Å². The quantitative estimate of drug-likeness (QED) is 0.760. The number of rotatable bonds is 6. The van der Waals surface area contributed by atoms with E-state index < -0.39 is 0 Å². The van der Waals surface area contributed by atoms with Crippen LogP contribution >= 0.6 is 22.9 Å². The van der Waals surface area contributed by atoms with Gasteiger partial charge in [0.1, 0.15) is 11.6 Å². The average Bonchev–Trinajstić information content (AvgIpc) is 3.07. The van der Waals surface area contributed by atoms with Gasteiger partial charge in [-0.15, -0.1) is 22.9 Å². The maximum atomic E-state index is 12.0. The van der Waals surface area contributed by atoms with Gasteiger partial charge < -0.3 is 9.32 Å². The molecule has 0 saturated heterocycles. The minimum Gasteiger partial charge on any atom is -0.467 e. The van der Waals surface area contributed by atoms with Crippen LogP contribution in [0.4, 0.5) is 0 Å². The molecular formula is C15H17ClN2O2S. The largest absolute Gasteiger partial charge is 0.467 e. The molecule has 0 bridgehead atoms. The highest BCUT2D eigenvalue weighted by molar-refractivity contribution is 7.11. The molecule has 1 aliphatic rings. The van der Waals surface area contributed by atoms with Crippen LogP contribution in [0.15, 0.2) is 29.0 Å². The molecule has 0 radical (unpaired) electrons. The lowest BCUT2D eigenvalue weighted by molar-refractivity contribution is -0.129. The fourth-order valence-corrected chi connectivity index (χ4v) is 3.61. The Morgan fingerprint density at radius 3 is 2.95 bits per heavy atom. The summed E-state index contributed by atoms with van der Waals surface area (Å²) in [6, 6.07) is 3.68. The van der Waals surface area contributed by atoms with Crippen LogP contribution in [0.5, 0.6) is 0 Å². The van der Waals surface area contributed by atoms with Gasteiger partial charge in [0.25, 0.3) is 0 Å². The lowest BCUT2D eigenvalue weighted by Gasteiger charge is -2.22. The van der Waals surface area contributed by atoms with Crippen LogP contribution in [0, 0.1) is 0 Å². The number of thiazole rings is 1. The summed E-state index contributed by atoms with van der Waals surface area (Å²) in [4.78, 5) is 19.3. The second-order valence-electron chi connectivity index (χ2n) is 5.26. The van der Waals surface area contributed by atoms with E-state index in [4.69, 9.17) is 16.0 Å². The maximum absolute atomic E-state index is 12.0. The lowest BCUT2D eigenvalue weighted by atomic mass is 9.86. The van der Waals surface area contributed by atoms with Gasteiger partial charge in [-0.3, -0.25) is 4.79 Å². The maximum Gasteiger partial charge on any atom is 0.238 e. The number of aromatic nitrogens is 1. The van der Waals surface area contributed by atoms with E-state index in [9.17, 15) is 4.79 Å². The van der Waals surface area contributed by atoms with Crippen molar-refractivity contribution >= 4 is 28.8 Å². The monoisotopic (exact) mass is 324 g/mol. The smallest absolute Gasteiger partial charge is 0.238 e. The standard InChI is InChI=1S/C15H17ClN2O2S/c16-7-14(19)18(9-12-5-2-6-20-12)10-13-8-17-15(21-13)11-3-1-4-11/h2,5-6,8,11H,1,3-4,7,9-10H2. The highest BCUT2D eigenvalue weighted by Crippen LogP contribution is 2.38. The molecule has 0 aliphatic heterocycles. The zero-order chi connectivity index (χ0) is 14.7. The van der Waals surface area contributed by atoms with Crippen LogP contribution in [0.25, 0.3) is 0 Å². The number of halogens is 1. The molecule has 1 aliphatic carbocycles. The van der Waals surface area contributed by atoms with Crippen LogP contribution in [0.2, 0.25) is 0 Å². The van der Waals surface area contributed by atoms with Crippen molar-refractivity contribution in [2.45, 2.75) is 38.3 Å². The highest BCUT2D eigenvalue weighted by atomic mass is 35.5. The van der Waals surface area contributed by atoms with Gasteiger partial charge in [0.05, 0.1) is 24.4 Å². The predicted octanol–water partition coefficient (Wildman–Crippen LogP) is 3.77. The normalized spacial score (nSPS) is 14.9. The number of hydrogen-bond donors (Lipinski definition) is 0. The molecule has 0 spiro atoms. The molecule has 0 N–H and O–H groups in total. The van der Waals surface area contributed by atoms with Gasteiger partial charge in [0.2, 0.25) is 5.91 Å². The number of furan rings is 1. The van der Waals surface area contributed by atoms with E-state index in [1.165, 1.54) is 24.3 Å². The molecule has 1 fully saturated rings. The van der Waals surface area contributed by atoms with Crippen LogP contribution in [-0.4, -0.2) is 21.7 Å². The van der Waals surface area contributed by atoms with Gasteiger partial charge in [-0.25, -0.2) is 4.98 Å². The van der Waals surface area contributed by atoms with E-state index >= 15 is 0 Å². The summed E-state index contributed by atoms with van der Waals surface area (Å²) < 4.78 is 5.32. The van der Waals surface area contributed by atoms with Gasteiger partial charge in [-0.1, -0.05) is 6.42 Å². The SMILES string of the molecule is O=C(CCl)N(Cc1ccco1)Cc1cnc(C2CCC2)s1. The number of carbonyl (C=O) groups excluding carboxylic acids is 1. The van der Waals surface area contributed by atoms with Crippen molar-refractivity contribution in [3.63, 3.8) is 0 Å². The summed E-state index contributed by atoms with van der Waals surface area (Å²) in [5.41, 5.74) is 0. The Hall–Kier alpha value is -1.33. The third-order valence-corrected chi connectivity index (χ3v) is 5.14. The second-order valence-corrected chi connectivity index (χ2v) is 6.67. The molecule has 0 aromatic carbocycles. The summed E-state index contributed by atoms with van der Waals surface area (Å²) >= 11 is 7.41. The zero-order valence-corrected chi connectivity index (χ0v) is 13.2. The highest BCUT2D eigenvalue weighted by Gasteiger charge is 2.23. The molecule has 2 aromatic rings. The minimum atomic E-state index is -0.0911. The molecule has 2 aromatic heterocycles. The molecular weight excluding hydrogens is 308 g/mol. The fourth-order valence-electron chi connectivity index (χ4n) is 2.34. The summed E-state index contributed by atoms with van der Waals surface area (Å²) in [6.07, 6.45) is 7.28. The number of hydrogen-bond acceptors (Lipinski definition) is 4. The van der Waals surface area contributed by atoms with E-state index in [1.54, 1.807) is 22.5 Å². The van der Waals surface area contributed by atoms with E-state index in [-0.39, 0.29) is 11.8 Å². The topological polar surface area (TPSA) is 46.3 Å². The molecule has 1 amide bonds. The Balaban J connectivity index is 1.68. The Labute approximate surface area is 132 Å². The number of carbonyl (C=O) groups is 1. The first-order valence-corrected chi connectivity index (χ1v) is 8.42. The number of amides is 1. The van der Waals surface area contributed by atoms with Crippen molar-refractivity contribution < 1.29 is 9.21 Å². The third-order valence-electron chi connectivity index (χ3n) is 3.77. The lowest BCUT2D eigenvalue weighted by Crippen LogP contribution is -2.30. The van der Waals surface area contributed by atoms with Crippen molar-refractivity contribution in [3.05, 3.63) is 40.2 Å². The first-order chi connectivity index (χ1) is 10.3. The van der Waals surface area contributed by atoms with Crippen molar-refractivity contribution in [1.29, 1.82) is 0 Å².